The second-order valence-electron chi connectivity index (χ2n) is 6.01. The van der Waals surface area contributed by atoms with Gasteiger partial charge < -0.3 is 9.73 Å². The van der Waals surface area contributed by atoms with E-state index in [0.29, 0.717) is 27.3 Å². The topological polar surface area (TPSA) is 72.4 Å². The standard InChI is InChI=1S/C19H14Cl2N4O2/c1-11-22-10-18-25(11)24-19(27-18)13-3-5-14(6-4-13)23-17(26)9-12-2-7-15(20)16(21)8-12/h2-8,10H,9H2,1H3,(H,23,26). The zero-order valence-electron chi connectivity index (χ0n) is 14.2. The molecule has 0 radical (unpaired) electrons. The number of aromatic nitrogens is 3. The van der Waals surface area contributed by atoms with Gasteiger partial charge in [-0.25, -0.2) is 4.98 Å². The van der Waals surface area contributed by atoms with E-state index in [1.54, 1.807) is 41.0 Å². The number of carbonyl (C=O) groups is 1. The Bertz CT molecular complexity index is 1130. The normalized spacial score (nSPS) is 11.1. The van der Waals surface area contributed by atoms with Crippen LogP contribution in [0.25, 0.3) is 17.2 Å². The van der Waals surface area contributed by atoms with Crippen LogP contribution in [0.5, 0.6) is 0 Å². The number of benzene rings is 2. The summed E-state index contributed by atoms with van der Waals surface area (Å²) in [6.45, 7) is 1.85. The number of fused-ring (bicyclic) bond motifs is 1. The van der Waals surface area contributed by atoms with Crippen LogP contribution in [0.4, 0.5) is 5.69 Å². The average molecular weight is 401 g/mol. The molecule has 0 unspecified atom stereocenters. The lowest BCUT2D eigenvalue weighted by Gasteiger charge is -2.06. The van der Waals surface area contributed by atoms with Gasteiger partial charge in [-0.15, -0.1) is 5.10 Å². The highest BCUT2D eigenvalue weighted by molar-refractivity contribution is 6.42. The molecule has 0 spiro atoms. The van der Waals surface area contributed by atoms with Crippen LogP contribution in [-0.2, 0) is 11.2 Å². The Morgan fingerprint density at radius 3 is 2.63 bits per heavy atom. The number of imidazole rings is 1. The molecule has 0 aliphatic heterocycles. The van der Waals surface area contributed by atoms with Gasteiger partial charge in [0.25, 0.3) is 0 Å². The van der Waals surface area contributed by atoms with E-state index >= 15 is 0 Å². The Labute approximate surface area is 164 Å². The molecule has 2 heterocycles. The number of nitrogens with one attached hydrogen (secondary N) is 1. The number of nitrogens with zero attached hydrogens (tertiary/aromatic N) is 3. The fourth-order valence-corrected chi connectivity index (χ4v) is 2.99. The number of rotatable bonds is 4. The van der Waals surface area contributed by atoms with E-state index in [2.05, 4.69) is 15.4 Å². The summed E-state index contributed by atoms with van der Waals surface area (Å²) in [5.41, 5.74) is 2.86. The van der Waals surface area contributed by atoms with Gasteiger partial charge >= 0.3 is 0 Å². The Balaban J connectivity index is 1.45. The molecule has 0 aliphatic rings. The molecule has 2 aromatic carbocycles. The lowest BCUT2D eigenvalue weighted by atomic mass is 10.1. The number of anilines is 1. The zero-order chi connectivity index (χ0) is 19.0. The van der Waals surface area contributed by atoms with Crippen molar-refractivity contribution in [1.82, 2.24) is 14.6 Å². The number of hydrogen-bond donors (Lipinski definition) is 1. The van der Waals surface area contributed by atoms with Crippen molar-refractivity contribution >= 4 is 40.5 Å². The van der Waals surface area contributed by atoms with Crippen LogP contribution in [0.1, 0.15) is 11.4 Å². The summed E-state index contributed by atoms with van der Waals surface area (Å²) in [6, 6.07) is 12.4. The highest BCUT2D eigenvalue weighted by Gasteiger charge is 2.11. The third-order valence-corrected chi connectivity index (χ3v) is 4.77. The SMILES string of the molecule is Cc1ncc2oc(-c3ccc(NC(=O)Cc4ccc(Cl)c(Cl)c4)cc3)nn12. The molecule has 0 atom stereocenters. The van der Waals surface area contributed by atoms with Crippen molar-refractivity contribution in [3.8, 4) is 11.5 Å². The smallest absolute Gasteiger partial charge is 0.246 e. The first kappa shape index (κ1) is 17.6. The van der Waals surface area contributed by atoms with Crippen LogP contribution < -0.4 is 5.32 Å². The monoisotopic (exact) mass is 400 g/mol. The lowest BCUT2D eigenvalue weighted by Crippen LogP contribution is -2.14. The largest absolute Gasteiger partial charge is 0.417 e. The fraction of sp³-hybridized carbons (Fsp3) is 0.105. The number of carbonyl (C=O) groups excluding carboxylic acids is 1. The Hall–Kier alpha value is -2.83. The van der Waals surface area contributed by atoms with Gasteiger partial charge in [0.2, 0.25) is 17.5 Å². The van der Waals surface area contributed by atoms with Crippen molar-refractivity contribution in [3.05, 3.63) is 70.1 Å². The van der Waals surface area contributed by atoms with Crippen molar-refractivity contribution in [2.45, 2.75) is 13.3 Å². The highest BCUT2D eigenvalue weighted by atomic mass is 35.5. The summed E-state index contributed by atoms with van der Waals surface area (Å²) in [7, 11) is 0. The van der Waals surface area contributed by atoms with Crippen LogP contribution in [-0.4, -0.2) is 20.5 Å². The minimum Gasteiger partial charge on any atom is -0.417 e. The van der Waals surface area contributed by atoms with Crippen molar-refractivity contribution in [1.29, 1.82) is 0 Å². The van der Waals surface area contributed by atoms with Gasteiger partial charge in [0.15, 0.2) is 0 Å². The molecule has 1 N–H and O–H groups in total. The van der Waals surface area contributed by atoms with E-state index in [1.807, 2.05) is 19.1 Å². The minimum atomic E-state index is -0.145. The first-order chi connectivity index (χ1) is 13.0. The van der Waals surface area contributed by atoms with Crippen molar-refractivity contribution in [2.75, 3.05) is 5.32 Å². The Kier molecular flexibility index (Phi) is 4.59. The first-order valence-corrected chi connectivity index (χ1v) is 8.90. The van der Waals surface area contributed by atoms with Crippen molar-refractivity contribution < 1.29 is 9.21 Å². The predicted molar refractivity (Wildman–Crippen MR) is 104 cm³/mol. The Morgan fingerprint density at radius 1 is 1.15 bits per heavy atom. The molecule has 2 aromatic heterocycles. The van der Waals surface area contributed by atoms with E-state index in [0.717, 1.165) is 17.0 Å². The number of aryl methyl sites for hydroxylation is 1. The minimum absolute atomic E-state index is 0.145. The van der Waals surface area contributed by atoms with Gasteiger partial charge in [0.05, 0.1) is 22.7 Å². The maximum atomic E-state index is 12.2. The molecule has 0 aliphatic carbocycles. The Morgan fingerprint density at radius 2 is 1.93 bits per heavy atom. The summed E-state index contributed by atoms with van der Waals surface area (Å²) < 4.78 is 7.32. The molecule has 4 rings (SSSR count). The number of halogens is 2. The van der Waals surface area contributed by atoms with E-state index in [1.165, 1.54) is 0 Å². The van der Waals surface area contributed by atoms with E-state index in [9.17, 15) is 4.79 Å². The summed E-state index contributed by atoms with van der Waals surface area (Å²) in [6.07, 6.45) is 1.83. The third kappa shape index (κ3) is 3.67. The highest BCUT2D eigenvalue weighted by Crippen LogP contribution is 2.24. The molecule has 27 heavy (non-hydrogen) atoms. The average Bonchev–Trinajstić information content (AvgIpc) is 3.21. The van der Waals surface area contributed by atoms with E-state index in [4.69, 9.17) is 27.6 Å². The van der Waals surface area contributed by atoms with Gasteiger partial charge in [-0.3, -0.25) is 4.79 Å². The molecular formula is C19H14Cl2N4O2. The van der Waals surface area contributed by atoms with Crippen LogP contribution in [0.2, 0.25) is 10.0 Å². The van der Waals surface area contributed by atoms with Crippen LogP contribution in [0.15, 0.2) is 53.1 Å². The molecule has 0 bridgehead atoms. The second-order valence-corrected chi connectivity index (χ2v) is 6.83. The summed E-state index contributed by atoms with van der Waals surface area (Å²) >= 11 is 11.9. The quantitative estimate of drug-likeness (QED) is 0.534. The summed E-state index contributed by atoms with van der Waals surface area (Å²) in [5.74, 6) is 1.10. The van der Waals surface area contributed by atoms with Gasteiger partial charge in [-0.2, -0.15) is 4.52 Å². The number of hydrogen-bond acceptors (Lipinski definition) is 4. The molecule has 4 aromatic rings. The fourth-order valence-electron chi connectivity index (χ4n) is 2.67. The molecule has 1 amide bonds. The van der Waals surface area contributed by atoms with Crippen LogP contribution in [0, 0.1) is 6.92 Å². The predicted octanol–water partition coefficient (Wildman–Crippen LogP) is 4.79. The molecular weight excluding hydrogens is 387 g/mol. The van der Waals surface area contributed by atoms with Crippen LogP contribution >= 0.6 is 23.2 Å². The molecule has 8 heteroatoms. The third-order valence-electron chi connectivity index (χ3n) is 4.03. The second kappa shape index (κ2) is 7.06. The lowest BCUT2D eigenvalue weighted by molar-refractivity contribution is -0.115. The molecule has 0 saturated carbocycles. The summed E-state index contributed by atoms with van der Waals surface area (Å²) in [5, 5.41) is 8.13. The molecule has 0 saturated heterocycles. The first-order valence-electron chi connectivity index (χ1n) is 8.15. The van der Waals surface area contributed by atoms with Crippen LogP contribution in [0.3, 0.4) is 0 Å². The molecule has 136 valence electrons. The molecule has 0 fully saturated rings. The summed E-state index contributed by atoms with van der Waals surface area (Å²) in [4.78, 5) is 16.4. The van der Waals surface area contributed by atoms with Crippen molar-refractivity contribution in [2.24, 2.45) is 0 Å². The van der Waals surface area contributed by atoms with Gasteiger partial charge in [-0.1, -0.05) is 29.3 Å². The molecule has 6 nitrogen and oxygen atoms in total. The van der Waals surface area contributed by atoms with Gasteiger partial charge in [-0.05, 0) is 48.9 Å². The maximum Gasteiger partial charge on any atom is 0.246 e. The van der Waals surface area contributed by atoms with Gasteiger partial charge in [0, 0.05) is 11.3 Å². The number of amides is 1. The van der Waals surface area contributed by atoms with E-state index in [-0.39, 0.29) is 12.3 Å². The van der Waals surface area contributed by atoms with Crippen molar-refractivity contribution in [3.63, 3.8) is 0 Å². The van der Waals surface area contributed by atoms with E-state index < -0.39 is 0 Å². The van der Waals surface area contributed by atoms with Gasteiger partial charge in [0.1, 0.15) is 5.82 Å². The zero-order valence-corrected chi connectivity index (χ0v) is 15.8. The maximum absolute atomic E-state index is 12.2.